The molecule has 3 aromatic rings. The van der Waals surface area contributed by atoms with Crippen molar-refractivity contribution in [2.45, 2.75) is 71.0 Å². The molecule has 1 saturated carbocycles. The lowest BCUT2D eigenvalue weighted by Crippen LogP contribution is -2.25. The first-order chi connectivity index (χ1) is 20.0. The number of hydrogen-bond acceptors (Lipinski definition) is 6. The Bertz CT molecular complexity index is 1460. The highest BCUT2D eigenvalue weighted by Crippen LogP contribution is 2.49. The van der Waals surface area contributed by atoms with Crippen LogP contribution >= 0.6 is 0 Å². The van der Waals surface area contributed by atoms with Crippen LogP contribution in [-0.2, 0) is 20.7 Å². The molecule has 0 amide bonds. The molecule has 6 nitrogen and oxygen atoms in total. The van der Waals surface area contributed by atoms with E-state index >= 15 is 0 Å². The van der Waals surface area contributed by atoms with E-state index in [9.17, 15) is 10.1 Å². The van der Waals surface area contributed by atoms with E-state index in [0.717, 1.165) is 90.2 Å². The van der Waals surface area contributed by atoms with E-state index in [1.165, 1.54) is 5.56 Å². The summed E-state index contributed by atoms with van der Waals surface area (Å²) < 4.78 is 23.5. The Morgan fingerprint density at radius 1 is 0.951 bits per heavy atom. The first-order valence-electron chi connectivity index (χ1n) is 14.8. The summed E-state index contributed by atoms with van der Waals surface area (Å²) in [4.78, 5) is 12.0. The fraction of sp³-hybridized carbons (Fsp3) is 0.429. The fourth-order valence-corrected chi connectivity index (χ4v) is 6.57. The van der Waals surface area contributed by atoms with Crippen LogP contribution in [0.3, 0.4) is 0 Å². The van der Waals surface area contributed by atoms with Crippen LogP contribution in [0.1, 0.15) is 78.0 Å². The van der Waals surface area contributed by atoms with E-state index < -0.39 is 0 Å². The largest absolute Gasteiger partial charge is 0.490 e. The van der Waals surface area contributed by atoms with Gasteiger partial charge < -0.3 is 18.9 Å². The lowest BCUT2D eigenvalue weighted by molar-refractivity contribution is -0.144. The zero-order valence-corrected chi connectivity index (χ0v) is 24.1. The number of nitrogens with zero attached hydrogens (tertiary/aromatic N) is 1. The monoisotopic (exact) mass is 551 g/mol. The van der Waals surface area contributed by atoms with Crippen molar-refractivity contribution >= 4 is 5.97 Å². The van der Waals surface area contributed by atoms with Crippen molar-refractivity contribution in [2.24, 2.45) is 5.92 Å². The number of aryl methyl sites for hydroxylation is 2. The number of esters is 1. The molecule has 0 aromatic heterocycles. The number of fused-ring (bicyclic) bond motifs is 1. The van der Waals surface area contributed by atoms with E-state index in [4.69, 9.17) is 18.9 Å². The Labute approximate surface area is 242 Å². The summed E-state index contributed by atoms with van der Waals surface area (Å²) in [5, 5.41) is 10.1. The van der Waals surface area contributed by atoms with Crippen LogP contribution in [0.15, 0.2) is 48.5 Å². The minimum Gasteiger partial charge on any atom is -0.490 e. The minimum atomic E-state index is -0.0973. The van der Waals surface area contributed by atoms with Crippen LogP contribution in [0.4, 0.5) is 0 Å². The smallest absolute Gasteiger partial charge is 0.309 e. The first-order valence-corrected chi connectivity index (χ1v) is 14.8. The Kier molecular flexibility index (Phi) is 7.73. The van der Waals surface area contributed by atoms with Gasteiger partial charge >= 0.3 is 5.97 Å². The predicted octanol–water partition coefficient (Wildman–Crippen LogP) is 7.13. The van der Waals surface area contributed by atoms with Crippen LogP contribution in [0.2, 0.25) is 0 Å². The molecule has 0 bridgehead atoms. The summed E-state index contributed by atoms with van der Waals surface area (Å²) in [5.74, 6) is 1.81. The third-order valence-corrected chi connectivity index (χ3v) is 8.67. The number of carbonyl (C=O) groups is 1. The van der Waals surface area contributed by atoms with Crippen LogP contribution in [-0.4, -0.2) is 31.9 Å². The van der Waals surface area contributed by atoms with Gasteiger partial charge in [-0.3, -0.25) is 4.79 Å². The second kappa shape index (κ2) is 11.6. The van der Waals surface area contributed by atoms with Crippen molar-refractivity contribution in [3.8, 4) is 28.7 Å². The molecule has 0 spiro atoms. The molecule has 212 valence electrons. The Hall–Kier alpha value is -3.82. The summed E-state index contributed by atoms with van der Waals surface area (Å²) in [7, 11) is 0. The highest BCUT2D eigenvalue weighted by molar-refractivity contribution is 5.81. The topological polar surface area (TPSA) is 77.8 Å². The number of carbonyl (C=O) groups excluding carboxylic acids is 1. The maximum Gasteiger partial charge on any atom is 0.309 e. The fourth-order valence-electron chi connectivity index (χ4n) is 6.57. The third-order valence-electron chi connectivity index (χ3n) is 8.67. The van der Waals surface area contributed by atoms with Crippen molar-refractivity contribution in [2.75, 3.05) is 19.8 Å². The standard InChI is InChI=1S/C35H37NO5/c1-4-39-35(37)31-19-30(31)23-5-8-25(9-6-23)41-32-12-11-29-28(32)10-7-24(20-36)34(29)33-21(2)17-27(18-22(33)3)40-26-13-15-38-16-14-26/h5-10,17-18,26,30-32H,4,11-16,19H2,1-3H3/t30-,31?,32-/m1/s1. The van der Waals surface area contributed by atoms with E-state index in [1.54, 1.807) is 0 Å². The number of rotatable bonds is 8. The van der Waals surface area contributed by atoms with Gasteiger partial charge in [-0.2, -0.15) is 5.26 Å². The quantitative estimate of drug-likeness (QED) is 0.277. The van der Waals surface area contributed by atoms with Gasteiger partial charge in [-0.15, -0.1) is 0 Å². The molecule has 3 atom stereocenters. The predicted molar refractivity (Wildman–Crippen MR) is 156 cm³/mol. The van der Waals surface area contributed by atoms with Gasteiger partial charge in [-0.05, 0) is 110 Å². The minimum absolute atomic E-state index is 0.0226. The molecule has 1 saturated heterocycles. The molecular formula is C35H37NO5. The van der Waals surface area contributed by atoms with Crippen molar-refractivity contribution in [1.82, 2.24) is 0 Å². The molecule has 2 fully saturated rings. The van der Waals surface area contributed by atoms with Crippen LogP contribution in [0.25, 0.3) is 11.1 Å². The molecule has 1 unspecified atom stereocenters. The van der Waals surface area contributed by atoms with Gasteiger partial charge in [0.25, 0.3) is 0 Å². The molecule has 1 aliphatic heterocycles. The normalized spacial score (nSPS) is 21.6. The zero-order valence-electron chi connectivity index (χ0n) is 24.1. The molecule has 3 aliphatic rings. The maximum atomic E-state index is 12.0. The maximum absolute atomic E-state index is 12.0. The second-order valence-corrected chi connectivity index (χ2v) is 11.4. The highest BCUT2D eigenvalue weighted by Gasteiger charge is 2.45. The lowest BCUT2D eigenvalue weighted by atomic mass is 9.87. The van der Waals surface area contributed by atoms with Crippen molar-refractivity contribution < 1.29 is 23.7 Å². The lowest BCUT2D eigenvalue weighted by Gasteiger charge is -2.24. The molecule has 3 aromatic carbocycles. The number of benzene rings is 3. The van der Waals surface area contributed by atoms with Gasteiger partial charge in [-0.25, -0.2) is 0 Å². The van der Waals surface area contributed by atoms with Crippen LogP contribution < -0.4 is 9.47 Å². The van der Waals surface area contributed by atoms with Gasteiger partial charge in [0.1, 0.15) is 23.7 Å². The van der Waals surface area contributed by atoms with Gasteiger partial charge in [0.15, 0.2) is 0 Å². The van der Waals surface area contributed by atoms with Crippen molar-refractivity contribution in [3.05, 3.63) is 81.9 Å². The summed E-state index contributed by atoms with van der Waals surface area (Å²) in [6, 6.07) is 18.8. The molecule has 6 heteroatoms. The van der Waals surface area contributed by atoms with Gasteiger partial charge in [-0.1, -0.05) is 18.2 Å². The van der Waals surface area contributed by atoms with Crippen molar-refractivity contribution in [1.29, 1.82) is 5.26 Å². The van der Waals surface area contributed by atoms with E-state index in [0.29, 0.717) is 12.2 Å². The number of hydrogen-bond donors (Lipinski definition) is 0. The van der Waals surface area contributed by atoms with E-state index in [2.05, 4.69) is 50.2 Å². The van der Waals surface area contributed by atoms with Crippen LogP contribution in [0, 0.1) is 31.1 Å². The Morgan fingerprint density at radius 3 is 2.37 bits per heavy atom. The van der Waals surface area contributed by atoms with Gasteiger partial charge in [0.2, 0.25) is 0 Å². The highest BCUT2D eigenvalue weighted by atomic mass is 16.5. The average Bonchev–Trinajstić information content (AvgIpc) is 3.68. The Balaban J connectivity index is 1.22. The molecular weight excluding hydrogens is 514 g/mol. The van der Waals surface area contributed by atoms with Gasteiger partial charge in [0.05, 0.1) is 37.4 Å². The van der Waals surface area contributed by atoms with E-state index in [-0.39, 0.29) is 30.0 Å². The van der Waals surface area contributed by atoms with Crippen molar-refractivity contribution in [3.63, 3.8) is 0 Å². The number of nitriles is 1. The third kappa shape index (κ3) is 5.56. The molecule has 1 heterocycles. The van der Waals surface area contributed by atoms with Crippen LogP contribution in [0.5, 0.6) is 11.5 Å². The zero-order chi connectivity index (χ0) is 28.5. The Morgan fingerprint density at radius 2 is 1.68 bits per heavy atom. The molecule has 6 rings (SSSR count). The summed E-state index contributed by atoms with van der Waals surface area (Å²) >= 11 is 0. The summed E-state index contributed by atoms with van der Waals surface area (Å²) in [5.41, 5.74) is 8.55. The summed E-state index contributed by atoms with van der Waals surface area (Å²) in [6.07, 6.45) is 4.47. The second-order valence-electron chi connectivity index (χ2n) is 11.4. The molecule has 41 heavy (non-hydrogen) atoms. The first kappa shape index (κ1) is 27.4. The SMILES string of the molecule is CCOC(=O)C1C[C@@H]1c1ccc(O[C@@H]2CCc3c2ccc(C#N)c3-c2c(C)cc(OC3CCOCC3)cc2C)cc1. The average molecular weight is 552 g/mol. The molecule has 0 radical (unpaired) electrons. The van der Waals surface area contributed by atoms with E-state index in [1.807, 2.05) is 25.1 Å². The summed E-state index contributed by atoms with van der Waals surface area (Å²) in [6.45, 7) is 7.96. The molecule has 0 N–H and O–H groups in total. The molecule has 2 aliphatic carbocycles. The number of ether oxygens (including phenoxy) is 4. The van der Waals surface area contributed by atoms with Gasteiger partial charge in [0, 0.05) is 18.4 Å².